The second kappa shape index (κ2) is 7.30. The van der Waals surface area contributed by atoms with Gasteiger partial charge in [-0.05, 0) is 68.8 Å². The van der Waals surface area contributed by atoms with Gasteiger partial charge in [-0.15, -0.1) is 0 Å². The Labute approximate surface area is 187 Å². The summed E-state index contributed by atoms with van der Waals surface area (Å²) in [6, 6.07) is 18.9. The molecule has 1 N–H and O–H groups in total. The topological polar surface area (TPSA) is 42.0 Å². The van der Waals surface area contributed by atoms with Gasteiger partial charge in [-0.3, -0.25) is 4.79 Å². The smallest absolute Gasteiger partial charge is 0.232 e. The molecule has 4 aliphatic carbocycles. The highest BCUT2D eigenvalue weighted by molar-refractivity contribution is 7.19. The number of aryl methyl sites for hydroxylation is 1. The maximum atomic E-state index is 13.6. The molecule has 4 saturated carbocycles. The monoisotopic (exact) mass is 428 g/mol. The zero-order chi connectivity index (χ0) is 21.0. The van der Waals surface area contributed by atoms with Crippen molar-refractivity contribution in [3.05, 3.63) is 60.2 Å². The van der Waals surface area contributed by atoms with Crippen LogP contribution >= 0.6 is 11.3 Å². The Kier molecular flexibility index (Phi) is 4.53. The fourth-order valence-electron chi connectivity index (χ4n) is 6.68. The third-order valence-electron chi connectivity index (χ3n) is 7.73. The van der Waals surface area contributed by atoms with Crippen molar-refractivity contribution in [3.8, 4) is 21.7 Å². The van der Waals surface area contributed by atoms with Crippen LogP contribution in [0.1, 0.15) is 44.1 Å². The summed E-state index contributed by atoms with van der Waals surface area (Å²) in [5.74, 6) is 2.50. The lowest BCUT2D eigenvalue weighted by Gasteiger charge is -2.55. The van der Waals surface area contributed by atoms with E-state index in [1.165, 1.54) is 24.8 Å². The number of amides is 1. The number of carbonyl (C=O) groups is 1. The Morgan fingerprint density at radius 2 is 1.52 bits per heavy atom. The van der Waals surface area contributed by atoms with Crippen molar-refractivity contribution in [2.24, 2.45) is 23.2 Å². The van der Waals surface area contributed by atoms with Crippen LogP contribution in [0.5, 0.6) is 0 Å². The van der Waals surface area contributed by atoms with Crippen molar-refractivity contribution < 1.29 is 4.79 Å². The lowest BCUT2D eigenvalue weighted by Crippen LogP contribution is -2.51. The van der Waals surface area contributed by atoms with E-state index < -0.39 is 0 Å². The number of rotatable bonds is 4. The van der Waals surface area contributed by atoms with Crippen LogP contribution in [0.25, 0.3) is 21.7 Å². The number of hydrogen-bond acceptors (Lipinski definition) is 3. The molecular weight excluding hydrogens is 400 g/mol. The van der Waals surface area contributed by atoms with Crippen molar-refractivity contribution in [2.75, 3.05) is 5.32 Å². The Balaban J connectivity index is 1.34. The van der Waals surface area contributed by atoms with Gasteiger partial charge in [0.2, 0.25) is 5.91 Å². The summed E-state index contributed by atoms with van der Waals surface area (Å²) in [4.78, 5) is 19.6. The summed E-state index contributed by atoms with van der Waals surface area (Å²) in [5, 5.41) is 4.01. The Bertz CT molecular complexity index is 1080. The molecule has 0 saturated heterocycles. The molecule has 4 fully saturated rings. The maximum Gasteiger partial charge on any atom is 0.232 e. The van der Waals surface area contributed by atoms with Crippen molar-refractivity contribution >= 4 is 22.4 Å². The number of carbonyl (C=O) groups excluding carboxylic acids is 1. The third-order valence-corrected chi connectivity index (χ3v) is 8.75. The first-order chi connectivity index (χ1) is 15.1. The highest BCUT2D eigenvalue weighted by Crippen LogP contribution is 2.60. The van der Waals surface area contributed by atoms with E-state index in [1.807, 2.05) is 18.2 Å². The van der Waals surface area contributed by atoms with Crippen molar-refractivity contribution in [1.82, 2.24) is 4.98 Å². The molecule has 4 bridgehead atoms. The third kappa shape index (κ3) is 3.41. The van der Waals surface area contributed by atoms with Crippen LogP contribution in [0.3, 0.4) is 0 Å². The average molecular weight is 429 g/mol. The van der Waals surface area contributed by atoms with Crippen molar-refractivity contribution in [2.45, 2.75) is 45.4 Å². The van der Waals surface area contributed by atoms with E-state index in [-0.39, 0.29) is 11.3 Å². The van der Waals surface area contributed by atoms with Crippen LogP contribution in [0.4, 0.5) is 5.13 Å². The van der Waals surface area contributed by atoms with Crippen molar-refractivity contribution in [1.29, 1.82) is 0 Å². The molecule has 0 radical (unpaired) electrons. The fourth-order valence-corrected chi connectivity index (χ4v) is 7.67. The molecule has 0 unspecified atom stereocenters. The second-order valence-corrected chi connectivity index (χ2v) is 11.1. The predicted octanol–water partition coefficient (Wildman–Crippen LogP) is 6.94. The van der Waals surface area contributed by atoms with Gasteiger partial charge in [-0.25, -0.2) is 4.98 Å². The first-order valence-electron chi connectivity index (χ1n) is 11.5. The molecule has 4 aliphatic rings. The zero-order valence-electron chi connectivity index (χ0n) is 17.9. The summed E-state index contributed by atoms with van der Waals surface area (Å²) in [6.07, 6.45) is 7.27. The molecule has 0 spiro atoms. The van der Waals surface area contributed by atoms with Crippen molar-refractivity contribution in [3.63, 3.8) is 0 Å². The summed E-state index contributed by atoms with van der Waals surface area (Å²) < 4.78 is 0. The highest BCUT2D eigenvalue weighted by Gasteiger charge is 2.54. The van der Waals surface area contributed by atoms with E-state index >= 15 is 0 Å². The molecular formula is C27H28N2OS. The second-order valence-electron chi connectivity index (χ2n) is 10.1. The summed E-state index contributed by atoms with van der Waals surface area (Å²) in [6.45, 7) is 2.10. The standard InChI is InChI=1S/C27H28N2OS/c1-17-7-9-22(10-8-17)24-23(21-5-3-2-4-6-21)28-26(31-24)29-25(30)27-14-18-11-19(15-27)13-20(12-18)16-27/h2-10,18-20H,11-16H2,1H3,(H,28,29,30). The Morgan fingerprint density at radius 3 is 2.13 bits per heavy atom. The number of thiazole rings is 1. The molecule has 4 heteroatoms. The Morgan fingerprint density at radius 1 is 0.903 bits per heavy atom. The molecule has 2 aromatic carbocycles. The van der Waals surface area contributed by atoms with Gasteiger partial charge in [0, 0.05) is 5.56 Å². The Hall–Kier alpha value is -2.46. The molecule has 0 aliphatic heterocycles. The van der Waals surface area contributed by atoms with Gasteiger partial charge in [0.15, 0.2) is 5.13 Å². The number of hydrogen-bond donors (Lipinski definition) is 1. The van der Waals surface area contributed by atoms with E-state index in [0.29, 0.717) is 0 Å². The maximum absolute atomic E-state index is 13.6. The molecule has 3 aromatic rings. The van der Waals surface area contributed by atoms with E-state index in [1.54, 1.807) is 11.3 Å². The first kappa shape index (κ1) is 19.2. The van der Waals surface area contributed by atoms with Crippen LogP contribution in [-0.2, 0) is 4.79 Å². The highest BCUT2D eigenvalue weighted by atomic mass is 32.1. The van der Waals surface area contributed by atoms with Gasteiger partial charge >= 0.3 is 0 Å². The molecule has 3 nitrogen and oxygen atoms in total. The number of benzene rings is 2. The quantitative estimate of drug-likeness (QED) is 0.489. The lowest BCUT2D eigenvalue weighted by molar-refractivity contribution is -0.140. The van der Waals surface area contributed by atoms with Gasteiger partial charge in [-0.2, -0.15) is 0 Å². The van der Waals surface area contributed by atoms with Gasteiger partial charge < -0.3 is 5.32 Å². The van der Waals surface area contributed by atoms with Gasteiger partial charge in [-0.1, -0.05) is 71.5 Å². The summed E-state index contributed by atoms with van der Waals surface area (Å²) in [5.41, 5.74) is 4.28. The number of nitrogens with zero attached hydrogens (tertiary/aromatic N) is 1. The average Bonchev–Trinajstić information content (AvgIpc) is 3.18. The fraction of sp³-hybridized carbons (Fsp3) is 0.407. The summed E-state index contributed by atoms with van der Waals surface area (Å²) in [7, 11) is 0. The molecule has 1 amide bonds. The number of nitrogens with one attached hydrogen (secondary N) is 1. The van der Waals surface area contributed by atoms with Gasteiger partial charge in [0.05, 0.1) is 16.0 Å². The van der Waals surface area contributed by atoms with Crippen LogP contribution < -0.4 is 5.32 Å². The van der Waals surface area contributed by atoms with E-state index in [4.69, 9.17) is 4.98 Å². The van der Waals surface area contributed by atoms with Gasteiger partial charge in [0.1, 0.15) is 0 Å². The molecule has 31 heavy (non-hydrogen) atoms. The number of anilines is 1. The van der Waals surface area contributed by atoms with Crippen LogP contribution in [0.15, 0.2) is 54.6 Å². The predicted molar refractivity (Wildman–Crippen MR) is 127 cm³/mol. The first-order valence-corrected chi connectivity index (χ1v) is 12.3. The minimum Gasteiger partial charge on any atom is -0.301 e. The molecule has 0 atom stereocenters. The van der Waals surface area contributed by atoms with E-state index in [0.717, 1.165) is 63.8 Å². The minimum absolute atomic E-state index is 0.155. The molecule has 1 aromatic heterocycles. The normalized spacial score (nSPS) is 28.6. The molecule has 158 valence electrons. The lowest BCUT2D eigenvalue weighted by atomic mass is 9.49. The van der Waals surface area contributed by atoms with E-state index in [2.05, 4.69) is 48.6 Å². The molecule has 1 heterocycles. The van der Waals surface area contributed by atoms with Crippen LogP contribution in [0, 0.1) is 30.1 Å². The van der Waals surface area contributed by atoms with E-state index in [9.17, 15) is 4.79 Å². The zero-order valence-corrected chi connectivity index (χ0v) is 18.8. The SMILES string of the molecule is Cc1ccc(-c2sc(NC(=O)C34CC5CC(CC(C5)C3)C4)nc2-c2ccccc2)cc1. The van der Waals surface area contributed by atoms with Crippen LogP contribution in [0.2, 0.25) is 0 Å². The number of aromatic nitrogens is 1. The summed E-state index contributed by atoms with van der Waals surface area (Å²) >= 11 is 1.60. The van der Waals surface area contributed by atoms with Gasteiger partial charge in [0.25, 0.3) is 0 Å². The van der Waals surface area contributed by atoms with Crippen LogP contribution in [-0.4, -0.2) is 10.9 Å². The molecule has 7 rings (SSSR count). The minimum atomic E-state index is -0.155. The largest absolute Gasteiger partial charge is 0.301 e.